The number of fused-ring (bicyclic) bond motifs is 1. The molecule has 0 fully saturated rings. The van der Waals surface area contributed by atoms with Crippen molar-refractivity contribution in [2.24, 2.45) is 0 Å². The Kier molecular flexibility index (Phi) is 6.00. The SMILES string of the molecule is CCCCC1CN(Cc2cccc(C=O)c2)C(=O)c2cc(-c3ccc(Cl)cc3)nn21. The number of amides is 1. The molecular weight excluding hydrogens is 398 g/mol. The van der Waals surface area contributed by atoms with Gasteiger partial charge >= 0.3 is 0 Å². The molecule has 2 aromatic carbocycles. The summed E-state index contributed by atoms with van der Waals surface area (Å²) in [6.07, 6.45) is 3.96. The lowest BCUT2D eigenvalue weighted by molar-refractivity contribution is 0.0635. The minimum Gasteiger partial charge on any atom is -0.331 e. The van der Waals surface area contributed by atoms with E-state index in [1.165, 1.54) is 0 Å². The number of halogens is 1. The summed E-state index contributed by atoms with van der Waals surface area (Å²) in [6.45, 7) is 3.25. The number of hydrogen-bond donors (Lipinski definition) is 0. The third-order valence-corrected chi connectivity index (χ3v) is 5.76. The predicted octanol–water partition coefficient (Wildman–Crippen LogP) is 5.40. The third-order valence-electron chi connectivity index (χ3n) is 5.51. The van der Waals surface area contributed by atoms with Crippen LogP contribution in [0.2, 0.25) is 5.02 Å². The van der Waals surface area contributed by atoms with E-state index >= 15 is 0 Å². The minimum atomic E-state index is -0.0352. The fourth-order valence-corrected chi connectivity index (χ4v) is 4.07. The Balaban J connectivity index is 1.66. The van der Waals surface area contributed by atoms with Crippen molar-refractivity contribution >= 4 is 23.8 Å². The van der Waals surface area contributed by atoms with Crippen LogP contribution in [0.15, 0.2) is 54.6 Å². The van der Waals surface area contributed by atoms with Gasteiger partial charge in [-0.2, -0.15) is 5.10 Å². The first kappa shape index (κ1) is 20.4. The maximum Gasteiger partial charge on any atom is 0.272 e. The van der Waals surface area contributed by atoms with Crippen LogP contribution >= 0.6 is 11.6 Å². The van der Waals surface area contributed by atoms with Crippen LogP contribution in [0.1, 0.15) is 58.6 Å². The zero-order valence-electron chi connectivity index (χ0n) is 16.9. The van der Waals surface area contributed by atoms with E-state index in [1.807, 2.05) is 58.1 Å². The second-order valence-electron chi connectivity index (χ2n) is 7.71. The molecule has 0 saturated carbocycles. The van der Waals surface area contributed by atoms with Gasteiger partial charge in [0.05, 0.1) is 11.7 Å². The van der Waals surface area contributed by atoms with E-state index in [0.29, 0.717) is 29.4 Å². The maximum atomic E-state index is 13.3. The van der Waals surface area contributed by atoms with Crippen molar-refractivity contribution in [3.63, 3.8) is 0 Å². The molecule has 0 radical (unpaired) electrons. The summed E-state index contributed by atoms with van der Waals surface area (Å²) in [5.74, 6) is -0.0352. The van der Waals surface area contributed by atoms with Crippen LogP contribution in [-0.2, 0) is 6.54 Å². The molecule has 1 aromatic heterocycles. The molecule has 0 bridgehead atoms. The number of carbonyl (C=O) groups is 2. The lowest BCUT2D eigenvalue weighted by Crippen LogP contribution is -2.42. The van der Waals surface area contributed by atoms with Crippen molar-refractivity contribution < 1.29 is 9.59 Å². The molecule has 1 aliphatic heterocycles. The van der Waals surface area contributed by atoms with Gasteiger partial charge in [-0.25, -0.2) is 0 Å². The largest absolute Gasteiger partial charge is 0.331 e. The van der Waals surface area contributed by atoms with Crippen LogP contribution in [0.4, 0.5) is 0 Å². The number of rotatable bonds is 7. The number of nitrogens with zero attached hydrogens (tertiary/aromatic N) is 3. The summed E-state index contributed by atoms with van der Waals surface area (Å²) >= 11 is 6.01. The van der Waals surface area contributed by atoms with Gasteiger partial charge in [-0.1, -0.05) is 61.7 Å². The Morgan fingerprint density at radius 2 is 1.97 bits per heavy atom. The molecule has 2 heterocycles. The molecule has 0 spiro atoms. The van der Waals surface area contributed by atoms with Gasteiger partial charge in [0.1, 0.15) is 12.0 Å². The molecule has 1 unspecified atom stereocenters. The van der Waals surface area contributed by atoms with Gasteiger partial charge in [-0.15, -0.1) is 0 Å². The summed E-state index contributed by atoms with van der Waals surface area (Å²) in [6, 6.07) is 16.9. The summed E-state index contributed by atoms with van der Waals surface area (Å²) in [4.78, 5) is 26.2. The molecule has 30 heavy (non-hydrogen) atoms. The molecule has 0 saturated heterocycles. The second kappa shape index (κ2) is 8.84. The number of carbonyl (C=O) groups excluding carboxylic acids is 2. The number of benzene rings is 2. The standard InChI is InChI=1S/C24H24ClN3O2/c1-2-3-7-21-15-27(14-17-5-4-6-18(12-17)16-29)24(30)23-13-22(26-28(21)23)19-8-10-20(25)11-9-19/h4-6,8-13,16,21H,2-3,7,14-15H2,1H3. The van der Waals surface area contributed by atoms with Gasteiger partial charge in [-0.3, -0.25) is 14.3 Å². The van der Waals surface area contributed by atoms with E-state index in [4.69, 9.17) is 16.7 Å². The third kappa shape index (κ3) is 4.17. The van der Waals surface area contributed by atoms with Crippen LogP contribution < -0.4 is 0 Å². The number of aromatic nitrogens is 2. The molecule has 4 rings (SSSR count). The average Bonchev–Trinajstić information content (AvgIpc) is 3.21. The topological polar surface area (TPSA) is 55.2 Å². The van der Waals surface area contributed by atoms with E-state index < -0.39 is 0 Å². The van der Waals surface area contributed by atoms with Crippen molar-refractivity contribution in [1.82, 2.24) is 14.7 Å². The zero-order valence-corrected chi connectivity index (χ0v) is 17.7. The molecule has 0 aliphatic carbocycles. The molecule has 1 aliphatic rings. The molecule has 5 nitrogen and oxygen atoms in total. The highest BCUT2D eigenvalue weighted by Gasteiger charge is 2.32. The van der Waals surface area contributed by atoms with E-state index in [9.17, 15) is 9.59 Å². The highest BCUT2D eigenvalue weighted by atomic mass is 35.5. The number of unbranched alkanes of at least 4 members (excludes halogenated alkanes) is 1. The minimum absolute atomic E-state index is 0.0352. The number of aldehydes is 1. The average molecular weight is 422 g/mol. The Hall–Kier alpha value is -2.92. The predicted molar refractivity (Wildman–Crippen MR) is 118 cm³/mol. The zero-order chi connectivity index (χ0) is 21.1. The fraction of sp³-hybridized carbons (Fsp3) is 0.292. The van der Waals surface area contributed by atoms with Crippen LogP contribution in [0, 0.1) is 0 Å². The first-order valence-corrected chi connectivity index (χ1v) is 10.7. The lowest BCUT2D eigenvalue weighted by atomic mass is 10.0. The summed E-state index contributed by atoms with van der Waals surface area (Å²) in [5, 5.41) is 5.45. The quantitative estimate of drug-likeness (QED) is 0.480. The summed E-state index contributed by atoms with van der Waals surface area (Å²) in [5.41, 5.74) is 3.90. The second-order valence-corrected chi connectivity index (χ2v) is 8.15. The number of hydrogen-bond acceptors (Lipinski definition) is 3. The highest BCUT2D eigenvalue weighted by Crippen LogP contribution is 2.30. The molecule has 1 atom stereocenters. The molecular formula is C24H24ClN3O2. The van der Waals surface area contributed by atoms with Crippen LogP contribution in [0.25, 0.3) is 11.3 Å². The van der Waals surface area contributed by atoms with Crippen molar-refractivity contribution in [1.29, 1.82) is 0 Å². The van der Waals surface area contributed by atoms with Crippen molar-refractivity contribution in [3.05, 3.63) is 76.4 Å². The molecule has 6 heteroatoms. The Labute approximate surface area is 181 Å². The molecule has 3 aromatic rings. The normalized spacial score (nSPS) is 15.9. The van der Waals surface area contributed by atoms with E-state index in [-0.39, 0.29) is 11.9 Å². The smallest absolute Gasteiger partial charge is 0.272 e. The van der Waals surface area contributed by atoms with Gasteiger partial charge in [0, 0.05) is 29.2 Å². The summed E-state index contributed by atoms with van der Waals surface area (Å²) in [7, 11) is 0. The van der Waals surface area contributed by atoms with Crippen molar-refractivity contribution in [2.45, 2.75) is 38.8 Å². The lowest BCUT2D eigenvalue weighted by Gasteiger charge is -2.33. The van der Waals surface area contributed by atoms with E-state index in [1.54, 1.807) is 6.07 Å². The fourth-order valence-electron chi connectivity index (χ4n) is 3.95. The van der Waals surface area contributed by atoms with Crippen molar-refractivity contribution in [2.75, 3.05) is 6.54 Å². The first-order chi connectivity index (χ1) is 14.6. The van der Waals surface area contributed by atoms with E-state index in [0.717, 1.165) is 42.4 Å². The Morgan fingerprint density at radius 1 is 1.17 bits per heavy atom. The molecule has 154 valence electrons. The van der Waals surface area contributed by atoms with Gasteiger partial charge in [0.15, 0.2) is 0 Å². The van der Waals surface area contributed by atoms with Crippen LogP contribution in [0.5, 0.6) is 0 Å². The Morgan fingerprint density at radius 3 is 2.70 bits per heavy atom. The van der Waals surface area contributed by atoms with Gasteiger partial charge in [0.25, 0.3) is 5.91 Å². The molecule has 0 N–H and O–H groups in total. The maximum absolute atomic E-state index is 13.3. The highest BCUT2D eigenvalue weighted by molar-refractivity contribution is 6.30. The molecule has 1 amide bonds. The first-order valence-electron chi connectivity index (χ1n) is 10.3. The van der Waals surface area contributed by atoms with Gasteiger partial charge in [-0.05, 0) is 36.2 Å². The van der Waals surface area contributed by atoms with Gasteiger partial charge in [0.2, 0.25) is 0 Å². The van der Waals surface area contributed by atoms with Gasteiger partial charge < -0.3 is 4.90 Å². The van der Waals surface area contributed by atoms with Crippen molar-refractivity contribution in [3.8, 4) is 11.3 Å². The van der Waals surface area contributed by atoms with Crippen LogP contribution in [0.3, 0.4) is 0 Å². The Bertz CT molecular complexity index is 1060. The summed E-state index contributed by atoms with van der Waals surface area (Å²) < 4.78 is 1.90. The van der Waals surface area contributed by atoms with E-state index in [2.05, 4.69) is 6.92 Å². The monoisotopic (exact) mass is 421 g/mol. The van der Waals surface area contributed by atoms with Crippen LogP contribution in [-0.4, -0.2) is 33.4 Å².